The summed E-state index contributed by atoms with van der Waals surface area (Å²) in [5.74, 6) is 1.73. The van der Waals surface area contributed by atoms with Gasteiger partial charge >= 0.3 is 0 Å². The second kappa shape index (κ2) is 3.87. The molecule has 2 atom stereocenters. The van der Waals surface area contributed by atoms with Crippen LogP contribution in [0.5, 0.6) is 0 Å². The Bertz CT molecular complexity index is 157. The number of rotatable bonds is 0. The molecule has 0 aromatic heterocycles. The van der Waals surface area contributed by atoms with E-state index >= 15 is 0 Å². The summed E-state index contributed by atoms with van der Waals surface area (Å²) >= 11 is 0. The fourth-order valence-electron chi connectivity index (χ4n) is 2.51. The van der Waals surface area contributed by atoms with Crippen LogP contribution in [0.1, 0.15) is 60.8 Å². The molecule has 1 aliphatic carbocycles. The minimum atomic E-state index is 0.462. The fraction of sp³-hybridized carbons (Fsp3) is 0.929. The quantitative estimate of drug-likeness (QED) is 0.525. The highest BCUT2D eigenvalue weighted by Crippen LogP contribution is 2.45. The molecule has 0 aromatic rings. The summed E-state index contributed by atoms with van der Waals surface area (Å²) in [6.07, 6.45) is 6.68. The smallest absolute Gasteiger partial charge is 0.0331 e. The van der Waals surface area contributed by atoms with Crippen LogP contribution in [-0.4, -0.2) is 0 Å². The summed E-state index contributed by atoms with van der Waals surface area (Å²) in [5.41, 5.74) is 0.960. The van der Waals surface area contributed by atoms with E-state index in [1.165, 1.54) is 19.3 Å². The summed E-state index contributed by atoms with van der Waals surface area (Å²) in [5, 5.41) is 0. The normalized spacial score (nSPS) is 30.4. The van der Waals surface area contributed by atoms with Gasteiger partial charge in [-0.25, -0.2) is 0 Å². The maximum Gasteiger partial charge on any atom is -0.0331 e. The second-order valence-electron chi connectivity index (χ2n) is 7.08. The molecule has 1 rings (SSSR count). The molecule has 1 aliphatic rings. The first-order valence-corrected chi connectivity index (χ1v) is 6.04. The zero-order chi connectivity index (χ0) is 11.0. The van der Waals surface area contributed by atoms with E-state index in [4.69, 9.17) is 0 Å². The standard InChI is InChI=1S/C14H27/c1-13(2,3)11-8-7-9-12(10-11)14(4,5)6/h8,11-12H,7,9-10H2,1-6H3. The van der Waals surface area contributed by atoms with Crippen LogP contribution in [0.25, 0.3) is 0 Å². The lowest BCUT2D eigenvalue weighted by Gasteiger charge is -2.42. The van der Waals surface area contributed by atoms with Crippen molar-refractivity contribution in [2.24, 2.45) is 22.7 Å². The fourth-order valence-corrected chi connectivity index (χ4v) is 2.51. The molecule has 0 aromatic carbocycles. The van der Waals surface area contributed by atoms with Gasteiger partial charge in [-0.05, 0) is 48.3 Å². The van der Waals surface area contributed by atoms with Crippen molar-refractivity contribution in [2.75, 3.05) is 0 Å². The molecule has 2 unspecified atom stereocenters. The zero-order valence-electron chi connectivity index (χ0n) is 10.9. The third-order valence-electron chi connectivity index (χ3n) is 3.84. The molecule has 0 amide bonds. The van der Waals surface area contributed by atoms with E-state index < -0.39 is 0 Å². The van der Waals surface area contributed by atoms with Gasteiger partial charge in [0.05, 0.1) is 0 Å². The van der Waals surface area contributed by atoms with Crippen molar-refractivity contribution < 1.29 is 0 Å². The number of hydrogen-bond acceptors (Lipinski definition) is 0. The largest absolute Gasteiger partial charge is 0.0599 e. The summed E-state index contributed by atoms with van der Waals surface area (Å²) in [4.78, 5) is 0. The highest BCUT2D eigenvalue weighted by atomic mass is 14.4. The van der Waals surface area contributed by atoms with E-state index in [-0.39, 0.29) is 0 Å². The molecule has 1 fully saturated rings. The average molecular weight is 195 g/mol. The molecular weight excluding hydrogens is 168 g/mol. The SMILES string of the molecule is CC(C)(C)C1[CH]CCC(C(C)(C)C)C1. The minimum Gasteiger partial charge on any atom is -0.0599 e. The van der Waals surface area contributed by atoms with Crippen LogP contribution in [0.15, 0.2) is 0 Å². The molecule has 0 bridgehead atoms. The lowest BCUT2D eigenvalue weighted by molar-refractivity contribution is 0.116. The molecule has 1 radical (unpaired) electrons. The van der Waals surface area contributed by atoms with Gasteiger partial charge in [0.1, 0.15) is 0 Å². The first-order chi connectivity index (χ1) is 6.21. The van der Waals surface area contributed by atoms with E-state index in [9.17, 15) is 0 Å². The van der Waals surface area contributed by atoms with Gasteiger partial charge in [0, 0.05) is 0 Å². The third-order valence-corrected chi connectivity index (χ3v) is 3.84. The van der Waals surface area contributed by atoms with Crippen molar-refractivity contribution in [3.63, 3.8) is 0 Å². The molecule has 83 valence electrons. The lowest BCUT2D eigenvalue weighted by atomic mass is 9.63. The van der Waals surface area contributed by atoms with Gasteiger partial charge in [-0.1, -0.05) is 41.5 Å². The molecule has 14 heavy (non-hydrogen) atoms. The molecule has 0 spiro atoms. The predicted molar refractivity (Wildman–Crippen MR) is 64.0 cm³/mol. The molecule has 0 nitrogen and oxygen atoms in total. The molecule has 0 heterocycles. The van der Waals surface area contributed by atoms with E-state index in [1.807, 2.05) is 0 Å². The van der Waals surface area contributed by atoms with E-state index in [0.29, 0.717) is 10.8 Å². The van der Waals surface area contributed by atoms with Crippen LogP contribution in [0, 0.1) is 29.1 Å². The summed E-state index contributed by atoms with van der Waals surface area (Å²) in [6.45, 7) is 14.3. The molecule has 0 N–H and O–H groups in total. The lowest BCUT2D eigenvalue weighted by Crippen LogP contribution is -2.32. The average Bonchev–Trinajstić information content (AvgIpc) is 2.01. The first kappa shape index (κ1) is 12.1. The summed E-state index contributed by atoms with van der Waals surface area (Å²) in [7, 11) is 0. The third kappa shape index (κ3) is 3.00. The van der Waals surface area contributed by atoms with Gasteiger partial charge in [0.15, 0.2) is 0 Å². The van der Waals surface area contributed by atoms with Gasteiger partial charge in [-0.3, -0.25) is 0 Å². The molecule has 0 saturated heterocycles. The Kier molecular flexibility index (Phi) is 3.33. The summed E-state index contributed by atoms with van der Waals surface area (Å²) in [6, 6.07) is 0. The van der Waals surface area contributed by atoms with Gasteiger partial charge < -0.3 is 0 Å². The van der Waals surface area contributed by atoms with Crippen LogP contribution < -0.4 is 0 Å². The molecule has 1 saturated carbocycles. The highest BCUT2D eigenvalue weighted by molar-refractivity contribution is 4.94. The van der Waals surface area contributed by atoms with Crippen molar-refractivity contribution >= 4 is 0 Å². The maximum atomic E-state index is 2.56. The predicted octanol–water partition coefficient (Wildman–Crippen LogP) is 4.70. The van der Waals surface area contributed by atoms with Gasteiger partial charge in [-0.2, -0.15) is 0 Å². The Morgan fingerprint density at radius 2 is 1.50 bits per heavy atom. The van der Waals surface area contributed by atoms with Crippen LogP contribution in [0.3, 0.4) is 0 Å². The van der Waals surface area contributed by atoms with Crippen LogP contribution in [-0.2, 0) is 0 Å². The van der Waals surface area contributed by atoms with E-state index in [2.05, 4.69) is 48.0 Å². The Balaban J connectivity index is 2.61. The van der Waals surface area contributed by atoms with E-state index in [0.717, 1.165) is 11.8 Å². The van der Waals surface area contributed by atoms with E-state index in [1.54, 1.807) is 0 Å². The van der Waals surface area contributed by atoms with Gasteiger partial charge in [0.25, 0.3) is 0 Å². The van der Waals surface area contributed by atoms with Crippen LogP contribution in [0.2, 0.25) is 0 Å². The summed E-state index contributed by atoms with van der Waals surface area (Å²) < 4.78 is 0. The van der Waals surface area contributed by atoms with Crippen molar-refractivity contribution in [3.05, 3.63) is 6.42 Å². The maximum absolute atomic E-state index is 2.56. The molecule has 0 heteroatoms. The number of hydrogen-bond donors (Lipinski definition) is 0. The minimum absolute atomic E-state index is 0.462. The van der Waals surface area contributed by atoms with Crippen LogP contribution >= 0.6 is 0 Å². The Labute approximate surface area is 90.5 Å². The van der Waals surface area contributed by atoms with Crippen LogP contribution in [0.4, 0.5) is 0 Å². The Morgan fingerprint density at radius 1 is 0.929 bits per heavy atom. The highest BCUT2D eigenvalue weighted by Gasteiger charge is 2.35. The Morgan fingerprint density at radius 3 is 1.93 bits per heavy atom. The molecule has 0 aliphatic heterocycles. The van der Waals surface area contributed by atoms with Crippen molar-refractivity contribution in [2.45, 2.75) is 60.8 Å². The van der Waals surface area contributed by atoms with Crippen molar-refractivity contribution in [1.82, 2.24) is 0 Å². The molecular formula is C14H27. The zero-order valence-corrected chi connectivity index (χ0v) is 10.9. The second-order valence-corrected chi connectivity index (χ2v) is 7.08. The van der Waals surface area contributed by atoms with Crippen molar-refractivity contribution in [3.8, 4) is 0 Å². The van der Waals surface area contributed by atoms with Gasteiger partial charge in [-0.15, -0.1) is 0 Å². The first-order valence-electron chi connectivity index (χ1n) is 6.04. The topological polar surface area (TPSA) is 0 Å². The Hall–Kier alpha value is 0. The van der Waals surface area contributed by atoms with Gasteiger partial charge in [0.2, 0.25) is 0 Å². The van der Waals surface area contributed by atoms with Crippen molar-refractivity contribution in [1.29, 1.82) is 0 Å². The monoisotopic (exact) mass is 195 g/mol.